The van der Waals surface area contributed by atoms with Crippen LogP contribution in [0, 0.1) is 12.7 Å². The molecule has 1 unspecified atom stereocenters. The Balaban J connectivity index is 2.74. The molecule has 3 nitrogen and oxygen atoms in total. The molecule has 0 fully saturated rings. The van der Waals surface area contributed by atoms with Crippen molar-refractivity contribution in [2.75, 3.05) is 18.5 Å². The summed E-state index contributed by atoms with van der Waals surface area (Å²) in [6.07, 6.45) is -0.817. The number of rotatable bonds is 4. The summed E-state index contributed by atoms with van der Waals surface area (Å²) in [6.45, 7) is 1.58. The summed E-state index contributed by atoms with van der Waals surface area (Å²) >= 11 is 3.26. The molecule has 3 N–H and O–H groups in total. The van der Waals surface area contributed by atoms with Gasteiger partial charge in [0, 0.05) is 22.3 Å². The fourth-order valence-corrected chi connectivity index (χ4v) is 1.55. The van der Waals surface area contributed by atoms with Crippen molar-refractivity contribution in [1.82, 2.24) is 0 Å². The zero-order valence-electron chi connectivity index (χ0n) is 8.30. The van der Waals surface area contributed by atoms with Gasteiger partial charge in [-0.2, -0.15) is 0 Å². The Labute approximate surface area is 96.1 Å². The SMILES string of the molecule is Cc1c(F)ccc(NCC(O)CO)c1Br. The Morgan fingerprint density at radius 2 is 2.20 bits per heavy atom. The van der Waals surface area contributed by atoms with Gasteiger partial charge in [0.15, 0.2) is 0 Å². The van der Waals surface area contributed by atoms with Gasteiger partial charge in [0.1, 0.15) is 5.82 Å². The van der Waals surface area contributed by atoms with Gasteiger partial charge >= 0.3 is 0 Å². The number of halogens is 2. The van der Waals surface area contributed by atoms with Crippen LogP contribution in [0.2, 0.25) is 0 Å². The highest BCUT2D eigenvalue weighted by atomic mass is 79.9. The second-order valence-corrected chi connectivity index (χ2v) is 4.04. The second kappa shape index (κ2) is 5.44. The van der Waals surface area contributed by atoms with E-state index in [4.69, 9.17) is 10.2 Å². The standard InChI is InChI=1S/C10H13BrFNO2/c1-6-8(12)2-3-9(10(6)11)13-4-7(15)5-14/h2-3,7,13-15H,4-5H2,1H3. The Bertz CT molecular complexity index is 346. The fourth-order valence-electron chi connectivity index (χ4n) is 1.09. The average Bonchev–Trinajstić information content (AvgIpc) is 2.24. The van der Waals surface area contributed by atoms with Crippen molar-refractivity contribution in [3.8, 4) is 0 Å². The van der Waals surface area contributed by atoms with Gasteiger partial charge in [0.05, 0.1) is 12.7 Å². The summed E-state index contributed by atoms with van der Waals surface area (Å²) in [5.41, 5.74) is 1.21. The van der Waals surface area contributed by atoms with E-state index in [0.717, 1.165) is 0 Å². The molecule has 1 aromatic rings. The van der Waals surface area contributed by atoms with Crippen LogP contribution in [0.4, 0.5) is 10.1 Å². The van der Waals surface area contributed by atoms with Gasteiger partial charge in [0.25, 0.3) is 0 Å². The predicted octanol–water partition coefficient (Wildman–Crippen LogP) is 1.66. The molecule has 84 valence electrons. The number of aliphatic hydroxyl groups excluding tert-OH is 2. The lowest BCUT2D eigenvalue weighted by atomic mass is 10.2. The van der Waals surface area contributed by atoms with E-state index in [2.05, 4.69) is 21.2 Å². The zero-order chi connectivity index (χ0) is 11.4. The summed E-state index contributed by atoms with van der Waals surface area (Å²) in [6, 6.07) is 2.93. The van der Waals surface area contributed by atoms with Crippen molar-refractivity contribution in [3.05, 3.63) is 28.0 Å². The van der Waals surface area contributed by atoms with E-state index in [1.165, 1.54) is 6.07 Å². The summed E-state index contributed by atoms with van der Waals surface area (Å²) in [7, 11) is 0. The molecule has 0 aliphatic rings. The smallest absolute Gasteiger partial charge is 0.127 e. The first kappa shape index (κ1) is 12.4. The van der Waals surface area contributed by atoms with E-state index >= 15 is 0 Å². The normalized spacial score (nSPS) is 12.6. The molecule has 0 spiro atoms. The lowest BCUT2D eigenvalue weighted by Crippen LogP contribution is -2.23. The van der Waals surface area contributed by atoms with Gasteiger partial charge in [-0.15, -0.1) is 0 Å². The van der Waals surface area contributed by atoms with E-state index in [-0.39, 0.29) is 19.0 Å². The molecule has 1 aromatic carbocycles. The van der Waals surface area contributed by atoms with Crippen LogP contribution in [0.5, 0.6) is 0 Å². The number of aliphatic hydroxyl groups is 2. The van der Waals surface area contributed by atoms with E-state index in [0.29, 0.717) is 15.7 Å². The molecule has 0 aliphatic heterocycles. The van der Waals surface area contributed by atoms with Crippen LogP contribution in [-0.2, 0) is 0 Å². The largest absolute Gasteiger partial charge is 0.394 e. The second-order valence-electron chi connectivity index (χ2n) is 3.25. The summed E-state index contributed by atoms with van der Waals surface area (Å²) in [5.74, 6) is -0.282. The first-order valence-electron chi connectivity index (χ1n) is 4.53. The van der Waals surface area contributed by atoms with Crippen molar-refractivity contribution in [2.24, 2.45) is 0 Å². The van der Waals surface area contributed by atoms with E-state index in [1.807, 2.05) is 0 Å². The third-order valence-corrected chi connectivity index (χ3v) is 3.08. The Morgan fingerprint density at radius 3 is 2.80 bits per heavy atom. The van der Waals surface area contributed by atoms with Gasteiger partial charge in [-0.3, -0.25) is 0 Å². The van der Waals surface area contributed by atoms with Gasteiger partial charge < -0.3 is 15.5 Å². The Hall–Kier alpha value is -0.650. The molecule has 0 saturated carbocycles. The molecular formula is C10H13BrFNO2. The molecular weight excluding hydrogens is 265 g/mol. The summed E-state index contributed by atoms with van der Waals surface area (Å²) in [5, 5.41) is 20.7. The minimum Gasteiger partial charge on any atom is -0.394 e. The van der Waals surface area contributed by atoms with Crippen molar-refractivity contribution >= 4 is 21.6 Å². The molecule has 1 rings (SSSR count). The summed E-state index contributed by atoms with van der Waals surface area (Å²) < 4.78 is 13.7. The molecule has 1 atom stereocenters. The molecule has 0 aliphatic carbocycles. The molecule has 0 bridgehead atoms. The first-order valence-corrected chi connectivity index (χ1v) is 5.33. The van der Waals surface area contributed by atoms with Gasteiger partial charge in [-0.1, -0.05) is 0 Å². The fraction of sp³-hybridized carbons (Fsp3) is 0.400. The maximum Gasteiger partial charge on any atom is 0.127 e. The number of hydrogen-bond acceptors (Lipinski definition) is 3. The maximum absolute atomic E-state index is 13.1. The molecule has 5 heteroatoms. The third-order valence-electron chi connectivity index (χ3n) is 2.06. The Kier molecular flexibility index (Phi) is 4.50. The lowest BCUT2D eigenvalue weighted by molar-refractivity contribution is 0.105. The minimum atomic E-state index is -0.817. The highest BCUT2D eigenvalue weighted by Gasteiger charge is 2.08. The van der Waals surface area contributed by atoms with Gasteiger partial charge in [-0.25, -0.2) is 4.39 Å². The predicted molar refractivity (Wildman–Crippen MR) is 60.4 cm³/mol. The topological polar surface area (TPSA) is 52.5 Å². The molecule has 15 heavy (non-hydrogen) atoms. The molecule has 0 aromatic heterocycles. The van der Waals surface area contributed by atoms with E-state index < -0.39 is 6.10 Å². The van der Waals surface area contributed by atoms with Crippen molar-refractivity contribution in [2.45, 2.75) is 13.0 Å². The molecule has 0 amide bonds. The maximum atomic E-state index is 13.1. The van der Waals surface area contributed by atoms with Gasteiger partial charge in [-0.05, 0) is 35.0 Å². The van der Waals surface area contributed by atoms with Crippen molar-refractivity contribution < 1.29 is 14.6 Å². The monoisotopic (exact) mass is 277 g/mol. The zero-order valence-corrected chi connectivity index (χ0v) is 9.88. The van der Waals surface area contributed by atoms with Crippen LogP contribution in [-0.4, -0.2) is 29.5 Å². The number of benzene rings is 1. The van der Waals surface area contributed by atoms with E-state index in [1.54, 1.807) is 13.0 Å². The third kappa shape index (κ3) is 3.15. The quantitative estimate of drug-likeness (QED) is 0.785. The highest BCUT2D eigenvalue weighted by molar-refractivity contribution is 9.10. The molecule has 0 radical (unpaired) electrons. The van der Waals surface area contributed by atoms with Crippen LogP contribution in [0.3, 0.4) is 0 Å². The Morgan fingerprint density at radius 1 is 1.53 bits per heavy atom. The van der Waals surface area contributed by atoms with E-state index in [9.17, 15) is 4.39 Å². The lowest BCUT2D eigenvalue weighted by Gasteiger charge is -2.13. The van der Waals surface area contributed by atoms with Crippen LogP contribution in [0.25, 0.3) is 0 Å². The van der Waals surface area contributed by atoms with Crippen LogP contribution in [0.1, 0.15) is 5.56 Å². The van der Waals surface area contributed by atoms with Crippen LogP contribution in [0.15, 0.2) is 16.6 Å². The number of hydrogen-bond donors (Lipinski definition) is 3. The first-order chi connectivity index (χ1) is 7.06. The van der Waals surface area contributed by atoms with Crippen molar-refractivity contribution in [1.29, 1.82) is 0 Å². The van der Waals surface area contributed by atoms with Gasteiger partial charge in [0.2, 0.25) is 0 Å². The number of anilines is 1. The van der Waals surface area contributed by atoms with Crippen molar-refractivity contribution in [3.63, 3.8) is 0 Å². The average molecular weight is 278 g/mol. The number of nitrogens with one attached hydrogen (secondary N) is 1. The van der Waals surface area contributed by atoms with Crippen LogP contribution >= 0.6 is 15.9 Å². The highest BCUT2D eigenvalue weighted by Crippen LogP contribution is 2.27. The van der Waals surface area contributed by atoms with Crippen LogP contribution < -0.4 is 5.32 Å². The molecule has 0 heterocycles. The molecule has 0 saturated heterocycles. The minimum absolute atomic E-state index is 0.222. The summed E-state index contributed by atoms with van der Waals surface area (Å²) in [4.78, 5) is 0.